The molecule has 1 aromatic heterocycles. The van der Waals surface area contributed by atoms with Gasteiger partial charge in [-0.2, -0.15) is 0 Å². The average Bonchev–Trinajstić information content (AvgIpc) is 2.63. The molecule has 1 unspecified atom stereocenters. The summed E-state index contributed by atoms with van der Waals surface area (Å²) in [6, 6.07) is 1.89. The lowest BCUT2D eigenvalue weighted by Crippen LogP contribution is -2.25. The molecule has 1 aromatic rings. The number of aryl methyl sites for hydroxylation is 1. The van der Waals surface area contributed by atoms with E-state index in [0.717, 1.165) is 5.56 Å². The van der Waals surface area contributed by atoms with Crippen LogP contribution in [-0.2, 0) is 4.79 Å². The van der Waals surface area contributed by atoms with Crippen molar-refractivity contribution in [2.75, 3.05) is 11.4 Å². The molecular formula is C12H13ClN2O. The molecule has 1 amide bonds. The predicted octanol–water partition coefficient (Wildman–Crippen LogP) is 2.58. The SMILES string of the molecule is C=CC1CC(=O)N(c2cc(C)cnc2Cl)C1. The van der Waals surface area contributed by atoms with Crippen molar-refractivity contribution in [3.8, 4) is 0 Å². The Morgan fingerprint density at radius 1 is 1.69 bits per heavy atom. The summed E-state index contributed by atoms with van der Waals surface area (Å²) in [7, 11) is 0. The summed E-state index contributed by atoms with van der Waals surface area (Å²) in [5.41, 5.74) is 1.70. The fourth-order valence-electron chi connectivity index (χ4n) is 1.85. The molecular weight excluding hydrogens is 224 g/mol. The van der Waals surface area contributed by atoms with E-state index in [1.54, 1.807) is 11.1 Å². The molecule has 1 fully saturated rings. The van der Waals surface area contributed by atoms with Crippen LogP contribution in [0, 0.1) is 12.8 Å². The average molecular weight is 237 g/mol. The van der Waals surface area contributed by atoms with Crippen LogP contribution in [0.5, 0.6) is 0 Å². The van der Waals surface area contributed by atoms with Crippen LogP contribution in [0.25, 0.3) is 0 Å². The first-order chi connectivity index (χ1) is 7.61. The first-order valence-corrected chi connectivity index (χ1v) is 5.54. The van der Waals surface area contributed by atoms with Gasteiger partial charge < -0.3 is 4.90 Å². The van der Waals surface area contributed by atoms with Crippen molar-refractivity contribution >= 4 is 23.2 Å². The van der Waals surface area contributed by atoms with Gasteiger partial charge in [0.05, 0.1) is 5.69 Å². The molecule has 0 aromatic carbocycles. The minimum atomic E-state index is 0.0826. The normalized spacial score (nSPS) is 20.2. The van der Waals surface area contributed by atoms with Crippen LogP contribution < -0.4 is 4.90 Å². The number of rotatable bonds is 2. The van der Waals surface area contributed by atoms with Gasteiger partial charge in [-0.05, 0) is 18.6 Å². The molecule has 0 N–H and O–H groups in total. The number of hydrogen-bond acceptors (Lipinski definition) is 2. The highest BCUT2D eigenvalue weighted by molar-refractivity contribution is 6.32. The number of carbonyl (C=O) groups is 1. The Hall–Kier alpha value is -1.35. The van der Waals surface area contributed by atoms with Crippen molar-refractivity contribution in [3.63, 3.8) is 0 Å². The first-order valence-electron chi connectivity index (χ1n) is 5.17. The number of nitrogens with zero attached hydrogens (tertiary/aromatic N) is 2. The van der Waals surface area contributed by atoms with E-state index < -0.39 is 0 Å². The molecule has 84 valence electrons. The largest absolute Gasteiger partial charge is 0.309 e. The summed E-state index contributed by atoms with van der Waals surface area (Å²) in [6.07, 6.45) is 4.01. The molecule has 16 heavy (non-hydrogen) atoms. The Morgan fingerprint density at radius 3 is 3.06 bits per heavy atom. The van der Waals surface area contributed by atoms with E-state index in [4.69, 9.17) is 11.6 Å². The maximum absolute atomic E-state index is 11.8. The number of anilines is 1. The molecule has 2 heterocycles. The third kappa shape index (κ3) is 1.95. The van der Waals surface area contributed by atoms with Crippen LogP contribution in [0.4, 0.5) is 5.69 Å². The predicted molar refractivity (Wildman–Crippen MR) is 64.6 cm³/mol. The zero-order chi connectivity index (χ0) is 11.7. The van der Waals surface area contributed by atoms with E-state index in [2.05, 4.69) is 11.6 Å². The third-order valence-electron chi connectivity index (χ3n) is 2.74. The fraction of sp³-hybridized carbons (Fsp3) is 0.333. The van der Waals surface area contributed by atoms with Crippen molar-refractivity contribution in [2.24, 2.45) is 5.92 Å². The Morgan fingerprint density at radius 2 is 2.44 bits per heavy atom. The summed E-state index contributed by atoms with van der Waals surface area (Å²) in [6.45, 7) is 6.29. The van der Waals surface area contributed by atoms with Gasteiger partial charge in [0.25, 0.3) is 0 Å². The molecule has 1 aliphatic heterocycles. The van der Waals surface area contributed by atoms with Gasteiger partial charge in [-0.25, -0.2) is 4.98 Å². The van der Waals surface area contributed by atoms with Crippen LogP contribution in [0.15, 0.2) is 24.9 Å². The molecule has 0 saturated carbocycles. The van der Waals surface area contributed by atoms with Crippen molar-refractivity contribution in [2.45, 2.75) is 13.3 Å². The molecule has 1 atom stereocenters. The standard InChI is InChI=1S/C12H13ClN2O/c1-3-9-5-11(16)15(7-9)10-4-8(2)6-14-12(10)13/h3-4,6,9H,1,5,7H2,2H3. The number of pyridine rings is 1. The van der Waals surface area contributed by atoms with Crippen molar-refractivity contribution in [1.82, 2.24) is 4.98 Å². The van der Waals surface area contributed by atoms with Gasteiger partial charge in [0.15, 0.2) is 5.15 Å². The smallest absolute Gasteiger partial charge is 0.227 e. The highest BCUT2D eigenvalue weighted by Crippen LogP contribution is 2.30. The fourth-order valence-corrected chi connectivity index (χ4v) is 2.06. The monoisotopic (exact) mass is 236 g/mol. The zero-order valence-electron chi connectivity index (χ0n) is 9.11. The number of hydrogen-bond donors (Lipinski definition) is 0. The Balaban J connectivity index is 2.34. The molecule has 4 heteroatoms. The van der Waals surface area contributed by atoms with Crippen LogP contribution in [-0.4, -0.2) is 17.4 Å². The van der Waals surface area contributed by atoms with Gasteiger partial charge in [-0.1, -0.05) is 17.7 Å². The van der Waals surface area contributed by atoms with Crippen molar-refractivity contribution in [3.05, 3.63) is 35.6 Å². The van der Waals surface area contributed by atoms with E-state index in [9.17, 15) is 4.79 Å². The maximum Gasteiger partial charge on any atom is 0.227 e. The number of aromatic nitrogens is 1. The molecule has 0 radical (unpaired) electrons. The molecule has 0 spiro atoms. The maximum atomic E-state index is 11.8. The van der Waals surface area contributed by atoms with E-state index in [1.165, 1.54) is 0 Å². The zero-order valence-corrected chi connectivity index (χ0v) is 9.87. The molecule has 1 saturated heterocycles. The molecule has 0 bridgehead atoms. The summed E-state index contributed by atoms with van der Waals surface area (Å²) >= 11 is 6.00. The van der Waals surface area contributed by atoms with Gasteiger partial charge in [-0.3, -0.25) is 4.79 Å². The minimum absolute atomic E-state index is 0.0826. The van der Waals surface area contributed by atoms with E-state index in [0.29, 0.717) is 23.8 Å². The number of amides is 1. The highest BCUT2D eigenvalue weighted by Gasteiger charge is 2.30. The second-order valence-electron chi connectivity index (χ2n) is 4.03. The van der Waals surface area contributed by atoms with Crippen molar-refractivity contribution < 1.29 is 4.79 Å². The third-order valence-corrected chi connectivity index (χ3v) is 3.03. The lowest BCUT2D eigenvalue weighted by molar-refractivity contribution is -0.117. The van der Waals surface area contributed by atoms with E-state index in [1.807, 2.05) is 19.1 Å². The van der Waals surface area contributed by atoms with Gasteiger partial charge in [0.2, 0.25) is 5.91 Å². The minimum Gasteiger partial charge on any atom is -0.309 e. The second kappa shape index (κ2) is 4.26. The van der Waals surface area contributed by atoms with E-state index >= 15 is 0 Å². The Labute approximate surface area is 99.7 Å². The Bertz CT molecular complexity index is 445. The first kappa shape index (κ1) is 11.1. The van der Waals surface area contributed by atoms with Gasteiger partial charge in [0.1, 0.15) is 0 Å². The summed E-state index contributed by atoms with van der Waals surface area (Å²) in [4.78, 5) is 17.5. The van der Waals surface area contributed by atoms with Crippen LogP contribution in [0.1, 0.15) is 12.0 Å². The highest BCUT2D eigenvalue weighted by atomic mass is 35.5. The number of halogens is 1. The van der Waals surface area contributed by atoms with Gasteiger partial charge >= 0.3 is 0 Å². The lowest BCUT2D eigenvalue weighted by Gasteiger charge is -2.17. The van der Waals surface area contributed by atoms with Crippen LogP contribution >= 0.6 is 11.6 Å². The van der Waals surface area contributed by atoms with Gasteiger partial charge in [-0.15, -0.1) is 6.58 Å². The lowest BCUT2D eigenvalue weighted by atomic mass is 10.1. The molecule has 3 nitrogen and oxygen atoms in total. The topological polar surface area (TPSA) is 33.2 Å². The quantitative estimate of drug-likeness (QED) is 0.584. The van der Waals surface area contributed by atoms with Crippen LogP contribution in [0.2, 0.25) is 5.15 Å². The Kier molecular flexibility index (Phi) is 2.97. The molecule has 0 aliphatic carbocycles. The summed E-state index contributed by atoms with van der Waals surface area (Å²) < 4.78 is 0. The molecule has 2 rings (SSSR count). The second-order valence-corrected chi connectivity index (χ2v) is 4.38. The number of carbonyl (C=O) groups excluding carboxylic acids is 1. The summed E-state index contributed by atoms with van der Waals surface area (Å²) in [5.74, 6) is 0.295. The molecule has 1 aliphatic rings. The van der Waals surface area contributed by atoms with Crippen molar-refractivity contribution in [1.29, 1.82) is 0 Å². The van der Waals surface area contributed by atoms with Crippen LogP contribution in [0.3, 0.4) is 0 Å². The van der Waals surface area contributed by atoms with Gasteiger partial charge in [0, 0.05) is 25.1 Å². The van der Waals surface area contributed by atoms with E-state index in [-0.39, 0.29) is 11.8 Å². The summed E-state index contributed by atoms with van der Waals surface area (Å²) in [5, 5.41) is 0.378.